The Bertz CT molecular complexity index is 544. The lowest BCUT2D eigenvalue weighted by atomic mass is 10.0. The third-order valence-electron chi connectivity index (χ3n) is 3.56. The number of hydrogen-bond acceptors (Lipinski definition) is 2. The molecule has 0 bridgehead atoms. The van der Waals surface area contributed by atoms with Crippen LogP contribution in [-0.2, 0) is 0 Å². The average Bonchev–Trinajstić information content (AvgIpc) is 2.41. The van der Waals surface area contributed by atoms with Crippen molar-refractivity contribution < 1.29 is 0 Å². The quantitative estimate of drug-likeness (QED) is 0.872. The second kappa shape index (κ2) is 5.89. The Balaban J connectivity index is 2.18. The standard InChI is InChI=1S/C17H22N2/c1-12-4-7-15(8-5-12)17(11-18)19-16-9-6-13(2)14(3)10-16/h4-10,17,19H,11,18H2,1-3H3. The van der Waals surface area contributed by atoms with Gasteiger partial charge in [-0.25, -0.2) is 0 Å². The second-order valence-electron chi connectivity index (χ2n) is 5.14. The van der Waals surface area contributed by atoms with Gasteiger partial charge in [-0.1, -0.05) is 35.9 Å². The van der Waals surface area contributed by atoms with Crippen LogP contribution in [0.4, 0.5) is 5.69 Å². The van der Waals surface area contributed by atoms with Gasteiger partial charge in [0.25, 0.3) is 0 Å². The number of aryl methyl sites for hydroxylation is 3. The van der Waals surface area contributed by atoms with E-state index in [1.165, 1.54) is 22.3 Å². The first-order chi connectivity index (χ1) is 9.10. The number of benzene rings is 2. The number of nitrogens with two attached hydrogens (primary N) is 1. The molecule has 0 saturated carbocycles. The molecule has 2 aromatic carbocycles. The summed E-state index contributed by atoms with van der Waals surface area (Å²) in [5.74, 6) is 0. The van der Waals surface area contributed by atoms with E-state index in [1.54, 1.807) is 0 Å². The molecule has 2 nitrogen and oxygen atoms in total. The number of nitrogens with one attached hydrogen (secondary N) is 1. The summed E-state index contributed by atoms with van der Waals surface area (Å²) in [5, 5.41) is 3.51. The summed E-state index contributed by atoms with van der Waals surface area (Å²) in [5.41, 5.74) is 12.1. The minimum Gasteiger partial charge on any atom is -0.377 e. The first kappa shape index (κ1) is 13.6. The van der Waals surface area contributed by atoms with E-state index < -0.39 is 0 Å². The minimum absolute atomic E-state index is 0.155. The van der Waals surface area contributed by atoms with Crippen molar-refractivity contribution >= 4 is 5.69 Å². The van der Waals surface area contributed by atoms with Crippen LogP contribution >= 0.6 is 0 Å². The maximum atomic E-state index is 5.90. The Hall–Kier alpha value is -1.80. The van der Waals surface area contributed by atoms with Crippen molar-refractivity contribution in [1.29, 1.82) is 0 Å². The van der Waals surface area contributed by atoms with E-state index in [-0.39, 0.29) is 6.04 Å². The molecule has 2 rings (SSSR count). The molecule has 3 N–H and O–H groups in total. The van der Waals surface area contributed by atoms with Crippen molar-refractivity contribution in [1.82, 2.24) is 0 Å². The van der Waals surface area contributed by atoms with E-state index in [4.69, 9.17) is 5.73 Å². The van der Waals surface area contributed by atoms with Gasteiger partial charge in [0.15, 0.2) is 0 Å². The lowest BCUT2D eigenvalue weighted by molar-refractivity contribution is 0.789. The van der Waals surface area contributed by atoms with E-state index in [0.717, 1.165) is 5.69 Å². The van der Waals surface area contributed by atoms with Gasteiger partial charge in [-0.3, -0.25) is 0 Å². The summed E-state index contributed by atoms with van der Waals surface area (Å²) >= 11 is 0. The highest BCUT2D eigenvalue weighted by atomic mass is 14.9. The summed E-state index contributed by atoms with van der Waals surface area (Å²) < 4.78 is 0. The predicted molar refractivity (Wildman–Crippen MR) is 82.5 cm³/mol. The highest BCUT2D eigenvalue weighted by Crippen LogP contribution is 2.21. The molecular formula is C17H22N2. The van der Waals surface area contributed by atoms with Crippen molar-refractivity contribution in [2.24, 2.45) is 5.73 Å². The molecule has 19 heavy (non-hydrogen) atoms. The fourth-order valence-electron chi connectivity index (χ4n) is 2.11. The fourth-order valence-corrected chi connectivity index (χ4v) is 2.11. The van der Waals surface area contributed by atoms with Gasteiger partial charge >= 0.3 is 0 Å². The number of anilines is 1. The van der Waals surface area contributed by atoms with Gasteiger partial charge in [0, 0.05) is 12.2 Å². The Kier molecular flexibility index (Phi) is 4.23. The van der Waals surface area contributed by atoms with E-state index in [2.05, 4.69) is 68.6 Å². The Morgan fingerprint density at radius 2 is 1.63 bits per heavy atom. The third-order valence-corrected chi connectivity index (χ3v) is 3.56. The first-order valence-electron chi connectivity index (χ1n) is 6.70. The van der Waals surface area contributed by atoms with Crippen LogP contribution in [0.25, 0.3) is 0 Å². The van der Waals surface area contributed by atoms with Crippen LogP contribution in [0.3, 0.4) is 0 Å². The highest BCUT2D eigenvalue weighted by molar-refractivity contribution is 5.50. The first-order valence-corrected chi connectivity index (χ1v) is 6.70. The van der Waals surface area contributed by atoms with Crippen LogP contribution in [0.2, 0.25) is 0 Å². The predicted octanol–water partition coefficient (Wildman–Crippen LogP) is 3.72. The molecule has 1 atom stereocenters. The molecule has 0 fully saturated rings. The average molecular weight is 254 g/mol. The highest BCUT2D eigenvalue weighted by Gasteiger charge is 2.09. The zero-order chi connectivity index (χ0) is 13.8. The lowest BCUT2D eigenvalue weighted by Crippen LogP contribution is -2.20. The Labute approximate surface area is 115 Å². The third kappa shape index (κ3) is 3.36. The lowest BCUT2D eigenvalue weighted by Gasteiger charge is -2.19. The minimum atomic E-state index is 0.155. The molecule has 2 heteroatoms. The summed E-state index contributed by atoms with van der Waals surface area (Å²) in [6, 6.07) is 15.1. The maximum absolute atomic E-state index is 5.90. The normalized spacial score (nSPS) is 12.2. The monoisotopic (exact) mass is 254 g/mol. The van der Waals surface area contributed by atoms with Crippen LogP contribution in [0.5, 0.6) is 0 Å². The van der Waals surface area contributed by atoms with Gasteiger partial charge in [-0.2, -0.15) is 0 Å². The van der Waals surface area contributed by atoms with Crippen LogP contribution in [0, 0.1) is 20.8 Å². The zero-order valence-electron chi connectivity index (χ0n) is 11.9. The van der Waals surface area contributed by atoms with Gasteiger partial charge < -0.3 is 11.1 Å². The summed E-state index contributed by atoms with van der Waals surface area (Å²) in [4.78, 5) is 0. The summed E-state index contributed by atoms with van der Waals surface area (Å²) in [6.45, 7) is 6.93. The van der Waals surface area contributed by atoms with Crippen molar-refractivity contribution in [3.05, 3.63) is 64.7 Å². The molecule has 0 aliphatic carbocycles. The smallest absolute Gasteiger partial charge is 0.0636 e. The summed E-state index contributed by atoms with van der Waals surface area (Å²) in [6.07, 6.45) is 0. The van der Waals surface area contributed by atoms with E-state index in [0.29, 0.717) is 6.54 Å². The van der Waals surface area contributed by atoms with Gasteiger partial charge in [-0.05, 0) is 49.6 Å². The van der Waals surface area contributed by atoms with E-state index >= 15 is 0 Å². The van der Waals surface area contributed by atoms with E-state index in [1.807, 2.05) is 0 Å². The maximum Gasteiger partial charge on any atom is 0.0636 e. The van der Waals surface area contributed by atoms with Gasteiger partial charge in [0.05, 0.1) is 6.04 Å². The summed E-state index contributed by atoms with van der Waals surface area (Å²) in [7, 11) is 0. The number of rotatable bonds is 4. The largest absolute Gasteiger partial charge is 0.377 e. The molecule has 0 saturated heterocycles. The molecule has 0 aliphatic heterocycles. The van der Waals surface area contributed by atoms with Crippen molar-refractivity contribution in [2.75, 3.05) is 11.9 Å². The molecule has 0 amide bonds. The molecule has 100 valence electrons. The molecule has 1 unspecified atom stereocenters. The van der Waals surface area contributed by atoms with Crippen LogP contribution in [0.1, 0.15) is 28.3 Å². The van der Waals surface area contributed by atoms with Crippen LogP contribution in [-0.4, -0.2) is 6.54 Å². The van der Waals surface area contributed by atoms with E-state index in [9.17, 15) is 0 Å². The van der Waals surface area contributed by atoms with Gasteiger partial charge in [-0.15, -0.1) is 0 Å². The van der Waals surface area contributed by atoms with Crippen molar-refractivity contribution in [3.8, 4) is 0 Å². The Morgan fingerprint density at radius 3 is 2.21 bits per heavy atom. The topological polar surface area (TPSA) is 38.0 Å². The molecule has 0 spiro atoms. The van der Waals surface area contributed by atoms with Crippen LogP contribution < -0.4 is 11.1 Å². The second-order valence-corrected chi connectivity index (χ2v) is 5.14. The van der Waals surface area contributed by atoms with Crippen LogP contribution in [0.15, 0.2) is 42.5 Å². The molecule has 0 aromatic heterocycles. The Morgan fingerprint density at radius 1 is 0.947 bits per heavy atom. The molecular weight excluding hydrogens is 232 g/mol. The van der Waals surface area contributed by atoms with Gasteiger partial charge in [0.2, 0.25) is 0 Å². The van der Waals surface area contributed by atoms with Crippen molar-refractivity contribution in [2.45, 2.75) is 26.8 Å². The van der Waals surface area contributed by atoms with Crippen molar-refractivity contribution in [3.63, 3.8) is 0 Å². The molecule has 0 radical (unpaired) electrons. The molecule has 0 aliphatic rings. The fraction of sp³-hybridized carbons (Fsp3) is 0.294. The number of hydrogen-bond donors (Lipinski definition) is 2. The zero-order valence-corrected chi connectivity index (χ0v) is 11.9. The molecule has 2 aromatic rings. The van der Waals surface area contributed by atoms with Gasteiger partial charge in [0.1, 0.15) is 0 Å². The molecule has 0 heterocycles. The SMILES string of the molecule is Cc1ccc(C(CN)Nc2ccc(C)c(C)c2)cc1.